The zero-order chi connectivity index (χ0) is 12.9. The Labute approximate surface area is 109 Å². The lowest BCUT2D eigenvalue weighted by Crippen LogP contribution is -2.28. The van der Waals surface area contributed by atoms with E-state index in [0.717, 1.165) is 5.69 Å². The first-order valence-electron chi connectivity index (χ1n) is 5.70. The average molecular weight is 248 g/mol. The van der Waals surface area contributed by atoms with E-state index < -0.39 is 0 Å². The summed E-state index contributed by atoms with van der Waals surface area (Å²) >= 11 is 5.14. The maximum absolute atomic E-state index is 5.14. The van der Waals surface area contributed by atoms with Crippen LogP contribution in [0.1, 0.15) is 26.3 Å². The molecule has 0 unspecified atom stereocenters. The van der Waals surface area contributed by atoms with Crippen molar-refractivity contribution >= 4 is 23.0 Å². The molecule has 0 heterocycles. The van der Waals surface area contributed by atoms with Gasteiger partial charge in [0, 0.05) is 12.2 Å². The molecular weight excluding hydrogens is 228 g/mol. The summed E-state index contributed by atoms with van der Waals surface area (Å²) in [6.45, 7) is 10.9. The van der Waals surface area contributed by atoms with Gasteiger partial charge in [-0.1, -0.05) is 39.0 Å². The van der Waals surface area contributed by atoms with E-state index in [1.807, 2.05) is 12.1 Å². The van der Waals surface area contributed by atoms with E-state index in [1.54, 1.807) is 6.08 Å². The predicted octanol–water partition coefficient (Wildman–Crippen LogP) is 3.46. The number of nitrogens with one attached hydrogen (secondary N) is 2. The van der Waals surface area contributed by atoms with Crippen molar-refractivity contribution in [3.8, 4) is 0 Å². The second-order valence-corrected chi connectivity index (χ2v) is 5.36. The second kappa shape index (κ2) is 5.82. The molecule has 0 aliphatic rings. The molecule has 0 aliphatic heterocycles. The molecule has 92 valence electrons. The third kappa shape index (κ3) is 4.57. The van der Waals surface area contributed by atoms with Crippen LogP contribution in [-0.2, 0) is 5.41 Å². The average Bonchev–Trinajstić information content (AvgIpc) is 2.26. The van der Waals surface area contributed by atoms with Gasteiger partial charge in [0.05, 0.1) is 0 Å². The zero-order valence-corrected chi connectivity index (χ0v) is 11.5. The summed E-state index contributed by atoms with van der Waals surface area (Å²) in [4.78, 5) is 0. The zero-order valence-electron chi connectivity index (χ0n) is 10.7. The standard InChI is InChI=1S/C14H20N2S/c1-5-10-15-13(17)16-12-8-6-11(7-9-12)14(2,3)4/h5-9H,1,10H2,2-4H3,(H2,15,16,17). The summed E-state index contributed by atoms with van der Waals surface area (Å²) in [6, 6.07) is 8.34. The van der Waals surface area contributed by atoms with Gasteiger partial charge in [0.15, 0.2) is 5.11 Å². The molecule has 0 atom stereocenters. The molecule has 0 amide bonds. The maximum Gasteiger partial charge on any atom is 0.171 e. The van der Waals surface area contributed by atoms with E-state index in [9.17, 15) is 0 Å². The van der Waals surface area contributed by atoms with Crippen LogP contribution in [0.3, 0.4) is 0 Å². The van der Waals surface area contributed by atoms with Crippen molar-refractivity contribution in [1.82, 2.24) is 5.32 Å². The fourth-order valence-corrected chi connectivity index (χ4v) is 1.59. The van der Waals surface area contributed by atoms with E-state index in [-0.39, 0.29) is 5.41 Å². The first kappa shape index (κ1) is 13.7. The summed E-state index contributed by atoms with van der Waals surface area (Å²) < 4.78 is 0. The van der Waals surface area contributed by atoms with Crippen LogP contribution in [-0.4, -0.2) is 11.7 Å². The molecule has 17 heavy (non-hydrogen) atoms. The van der Waals surface area contributed by atoms with E-state index in [2.05, 4.69) is 50.1 Å². The Kier molecular flexibility index (Phi) is 4.70. The highest BCUT2D eigenvalue weighted by atomic mass is 32.1. The number of thiocarbonyl (C=S) groups is 1. The Hall–Kier alpha value is -1.35. The van der Waals surface area contributed by atoms with Gasteiger partial charge in [-0.05, 0) is 35.3 Å². The van der Waals surface area contributed by atoms with Crippen molar-refractivity contribution in [1.29, 1.82) is 0 Å². The summed E-state index contributed by atoms with van der Waals surface area (Å²) in [5.74, 6) is 0. The number of anilines is 1. The molecule has 1 aromatic carbocycles. The molecule has 0 spiro atoms. The van der Waals surface area contributed by atoms with E-state index >= 15 is 0 Å². The molecule has 2 N–H and O–H groups in total. The van der Waals surface area contributed by atoms with Crippen LogP contribution in [0.25, 0.3) is 0 Å². The molecule has 0 aromatic heterocycles. The van der Waals surface area contributed by atoms with Crippen LogP contribution >= 0.6 is 12.2 Å². The Morgan fingerprint density at radius 2 is 1.88 bits per heavy atom. The van der Waals surface area contributed by atoms with Gasteiger partial charge < -0.3 is 10.6 Å². The highest BCUT2D eigenvalue weighted by Crippen LogP contribution is 2.23. The minimum atomic E-state index is 0.181. The van der Waals surface area contributed by atoms with Gasteiger partial charge in [0.1, 0.15) is 0 Å². The first-order chi connectivity index (χ1) is 7.93. The van der Waals surface area contributed by atoms with E-state index in [1.165, 1.54) is 5.56 Å². The summed E-state index contributed by atoms with van der Waals surface area (Å²) in [7, 11) is 0. The highest BCUT2D eigenvalue weighted by Gasteiger charge is 2.12. The van der Waals surface area contributed by atoms with Crippen LogP contribution in [0.4, 0.5) is 5.69 Å². The molecular formula is C14H20N2S. The van der Waals surface area contributed by atoms with Crippen LogP contribution < -0.4 is 10.6 Å². The lowest BCUT2D eigenvalue weighted by atomic mass is 9.87. The van der Waals surface area contributed by atoms with Crippen molar-refractivity contribution in [2.24, 2.45) is 0 Å². The summed E-state index contributed by atoms with van der Waals surface area (Å²) in [6.07, 6.45) is 1.77. The number of rotatable bonds is 3. The summed E-state index contributed by atoms with van der Waals surface area (Å²) in [5.41, 5.74) is 2.49. The van der Waals surface area contributed by atoms with Gasteiger partial charge in [-0.2, -0.15) is 0 Å². The SMILES string of the molecule is C=CCNC(=S)Nc1ccc(C(C)(C)C)cc1. The molecule has 0 fully saturated rings. The fraction of sp³-hybridized carbons (Fsp3) is 0.357. The van der Waals surface area contributed by atoms with Crippen LogP contribution in [0.2, 0.25) is 0 Å². The smallest absolute Gasteiger partial charge is 0.171 e. The van der Waals surface area contributed by atoms with Gasteiger partial charge in [0.25, 0.3) is 0 Å². The van der Waals surface area contributed by atoms with E-state index in [4.69, 9.17) is 12.2 Å². The topological polar surface area (TPSA) is 24.1 Å². The second-order valence-electron chi connectivity index (χ2n) is 4.95. The molecule has 1 aromatic rings. The van der Waals surface area contributed by atoms with Gasteiger partial charge >= 0.3 is 0 Å². The van der Waals surface area contributed by atoms with Crippen LogP contribution in [0.15, 0.2) is 36.9 Å². The quantitative estimate of drug-likeness (QED) is 0.633. The molecule has 0 radical (unpaired) electrons. The lowest BCUT2D eigenvalue weighted by molar-refractivity contribution is 0.590. The molecule has 2 nitrogen and oxygen atoms in total. The van der Waals surface area contributed by atoms with Crippen LogP contribution in [0, 0.1) is 0 Å². The number of hydrogen-bond acceptors (Lipinski definition) is 1. The first-order valence-corrected chi connectivity index (χ1v) is 6.10. The highest BCUT2D eigenvalue weighted by molar-refractivity contribution is 7.80. The van der Waals surface area contributed by atoms with Gasteiger partial charge in [0.2, 0.25) is 0 Å². The molecule has 0 saturated heterocycles. The lowest BCUT2D eigenvalue weighted by Gasteiger charge is -2.19. The molecule has 0 bridgehead atoms. The van der Waals surface area contributed by atoms with Gasteiger partial charge in [-0.15, -0.1) is 6.58 Å². The molecule has 3 heteroatoms. The Morgan fingerprint density at radius 3 is 2.35 bits per heavy atom. The Bertz CT molecular complexity index is 388. The third-order valence-electron chi connectivity index (χ3n) is 2.42. The summed E-state index contributed by atoms with van der Waals surface area (Å²) in [5, 5.41) is 6.77. The maximum atomic E-state index is 5.14. The van der Waals surface area contributed by atoms with Crippen molar-refractivity contribution in [3.63, 3.8) is 0 Å². The van der Waals surface area contributed by atoms with Crippen molar-refractivity contribution in [2.45, 2.75) is 26.2 Å². The third-order valence-corrected chi connectivity index (χ3v) is 2.66. The monoisotopic (exact) mass is 248 g/mol. The van der Waals surface area contributed by atoms with Crippen molar-refractivity contribution in [2.75, 3.05) is 11.9 Å². The normalized spacial score (nSPS) is 10.8. The minimum absolute atomic E-state index is 0.181. The van der Waals surface area contributed by atoms with Crippen molar-refractivity contribution in [3.05, 3.63) is 42.5 Å². The van der Waals surface area contributed by atoms with Crippen molar-refractivity contribution < 1.29 is 0 Å². The number of benzene rings is 1. The Balaban J connectivity index is 2.62. The molecule has 1 rings (SSSR count). The number of hydrogen-bond donors (Lipinski definition) is 2. The van der Waals surface area contributed by atoms with E-state index in [0.29, 0.717) is 11.7 Å². The van der Waals surface area contributed by atoms with Gasteiger partial charge in [-0.25, -0.2) is 0 Å². The van der Waals surface area contributed by atoms with Crippen LogP contribution in [0.5, 0.6) is 0 Å². The molecule has 0 aliphatic carbocycles. The predicted molar refractivity (Wildman–Crippen MR) is 79.6 cm³/mol. The fourth-order valence-electron chi connectivity index (χ4n) is 1.39. The largest absolute Gasteiger partial charge is 0.359 e. The minimum Gasteiger partial charge on any atom is -0.359 e. The van der Waals surface area contributed by atoms with Gasteiger partial charge in [-0.3, -0.25) is 0 Å². The Morgan fingerprint density at radius 1 is 1.29 bits per heavy atom. The molecule has 0 saturated carbocycles.